The summed E-state index contributed by atoms with van der Waals surface area (Å²) < 4.78 is 55.8. The van der Waals surface area contributed by atoms with Gasteiger partial charge in [-0.2, -0.15) is 8.42 Å². The number of sulfone groups is 1. The van der Waals surface area contributed by atoms with Crippen LogP contribution in [0.4, 0.5) is 0 Å². The number of carbonyl (C=O) groups is 1. The van der Waals surface area contributed by atoms with Gasteiger partial charge in [-0.15, -0.1) is 0 Å². The third-order valence-corrected chi connectivity index (χ3v) is 4.44. The maximum absolute atomic E-state index is 11.6. The van der Waals surface area contributed by atoms with Crippen LogP contribution in [0, 0.1) is 0 Å². The number of amides is 1. The van der Waals surface area contributed by atoms with E-state index in [2.05, 4.69) is 9.50 Å². The largest absolute Gasteiger partial charge is 0.397 e. The Balaban J connectivity index is 2.35. The highest BCUT2D eigenvalue weighted by molar-refractivity contribution is 7.91. The molecule has 1 rings (SSSR count). The third kappa shape index (κ3) is 7.75. The molecule has 0 aliphatic rings. The molecular weight excluding hydrogens is 322 g/mol. The summed E-state index contributed by atoms with van der Waals surface area (Å²) in [5.74, 6) is -1.34. The number of rotatable bonds is 8. The average Bonchev–Trinajstić information content (AvgIpc) is 2.37. The molecule has 0 heterocycles. The second-order valence-corrected chi connectivity index (χ2v) is 7.42. The lowest BCUT2D eigenvalue weighted by molar-refractivity contribution is 0.0956. The molecule has 118 valence electrons. The minimum Gasteiger partial charge on any atom is -0.351 e. The van der Waals surface area contributed by atoms with E-state index in [0.29, 0.717) is 5.56 Å². The summed E-state index contributed by atoms with van der Waals surface area (Å²) >= 11 is 0. The van der Waals surface area contributed by atoms with Crippen molar-refractivity contribution < 1.29 is 30.4 Å². The molecule has 1 aromatic rings. The van der Waals surface area contributed by atoms with Crippen molar-refractivity contribution in [1.29, 1.82) is 0 Å². The van der Waals surface area contributed by atoms with Gasteiger partial charge in [0.05, 0.1) is 18.1 Å². The van der Waals surface area contributed by atoms with Crippen molar-refractivity contribution in [2.45, 2.75) is 0 Å². The molecule has 0 spiro atoms. The van der Waals surface area contributed by atoms with Gasteiger partial charge in [-0.05, 0) is 12.1 Å². The first-order chi connectivity index (χ1) is 9.70. The summed E-state index contributed by atoms with van der Waals surface area (Å²) in [6.07, 6.45) is 0. The van der Waals surface area contributed by atoms with Gasteiger partial charge in [0.2, 0.25) is 0 Å². The molecule has 10 heteroatoms. The minimum absolute atomic E-state index is 0.109. The van der Waals surface area contributed by atoms with Gasteiger partial charge in [0.25, 0.3) is 5.91 Å². The van der Waals surface area contributed by atoms with E-state index in [0.717, 1.165) is 0 Å². The highest BCUT2D eigenvalue weighted by atomic mass is 32.3. The fourth-order valence-corrected chi connectivity index (χ4v) is 2.73. The van der Waals surface area contributed by atoms with Gasteiger partial charge in [-0.25, -0.2) is 12.6 Å². The highest BCUT2D eigenvalue weighted by Gasteiger charge is 2.14. The third-order valence-electron chi connectivity index (χ3n) is 2.36. The molecule has 8 nitrogen and oxygen atoms in total. The fraction of sp³-hybridized carbons (Fsp3) is 0.364. The van der Waals surface area contributed by atoms with E-state index < -0.39 is 38.5 Å². The van der Waals surface area contributed by atoms with E-state index in [-0.39, 0.29) is 12.3 Å². The zero-order valence-electron chi connectivity index (χ0n) is 10.9. The molecule has 1 amide bonds. The summed E-state index contributed by atoms with van der Waals surface area (Å²) in [4.78, 5) is 11.6. The van der Waals surface area contributed by atoms with Crippen LogP contribution in [0.25, 0.3) is 0 Å². The van der Waals surface area contributed by atoms with Crippen LogP contribution >= 0.6 is 0 Å². The van der Waals surface area contributed by atoms with Crippen LogP contribution in [0.1, 0.15) is 10.4 Å². The van der Waals surface area contributed by atoms with Gasteiger partial charge >= 0.3 is 10.4 Å². The normalized spacial score (nSPS) is 12.0. The van der Waals surface area contributed by atoms with E-state index in [9.17, 15) is 21.6 Å². The van der Waals surface area contributed by atoms with Gasteiger partial charge in [0.1, 0.15) is 0 Å². The second kappa shape index (κ2) is 7.50. The van der Waals surface area contributed by atoms with Crippen LogP contribution in [0.5, 0.6) is 0 Å². The van der Waals surface area contributed by atoms with Crippen molar-refractivity contribution in [1.82, 2.24) is 5.32 Å². The van der Waals surface area contributed by atoms with Crippen molar-refractivity contribution in [2.24, 2.45) is 0 Å². The topological polar surface area (TPSA) is 127 Å². The average molecular weight is 337 g/mol. The van der Waals surface area contributed by atoms with Crippen molar-refractivity contribution >= 4 is 26.1 Å². The highest BCUT2D eigenvalue weighted by Crippen LogP contribution is 1.98. The molecule has 0 atom stereocenters. The maximum atomic E-state index is 11.6. The molecule has 0 bridgehead atoms. The summed E-state index contributed by atoms with van der Waals surface area (Å²) in [6, 6.07) is 8.28. The van der Waals surface area contributed by atoms with Gasteiger partial charge in [0.15, 0.2) is 9.84 Å². The summed E-state index contributed by atoms with van der Waals surface area (Å²) in [5, 5.41) is 2.44. The summed E-state index contributed by atoms with van der Waals surface area (Å²) in [5.41, 5.74) is 0.407. The monoisotopic (exact) mass is 337 g/mol. The standard InChI is InChI=1S/C11H15NO7S2/c13-11(10-4-2-1-3-5-10)12-6-8-20(14,15)9-7-19-21(16,17)18/h1-5H,6-9H2,(H,12,13)(H,16,17,18). The van der Waals surface area contributed by atoms with E-state index in [1.807, 2.05) is 0 Å². The Labute approximate surface area is 123 Å². The number of hydrogen-bond donors (Lipinski definition) is 2. The maximum Gasteiger partial charge on any atom is 0.397 e. The summed E-state index contributed by atoms with van der Waals surface area (Å²) in [7, 11) is -8.25. The predicted molar refractivity (Wildman–Crippen MR) is 74.9 cm³/mol. The van der Waals surface area contributed by atoms with Crippen LogP contribution in [-0.2, 0) is 24.4 Å². The zero-order chi connectivity index (χ0) is 15.9. The minimum atomic E-state index is -4.65. The van der Waals surface area contributed by atoms with Crippen molar-refractivity contribution in [3.63, 3.8) is 0 Å². The first kappa shape index (κ1) is 17.6. The molecule has 0 fully saturated rings. The van der Waals surface area contributed by atoms with Crippen molar-refractivity contribution in [3.05, 3.63) is 35.9 Å². The molecule has 0 aliphatic heterocycles. The Morgan fingerprint density at radius 1 is 1.10 bits per heavy atom. The van der Waals surface area contributed by atoms with E-state index >= 15 is 0 Å². The molecule has 0 unspecified atom stereocenters. The van der Waals surface area contributed by atoms with E-state index in [1.165, 1.54) is 0 Å². The van der Waals surface area contributed by atoms with Gasteiger partial charge in [0, 0.05) is 12.1 Å². The van der Waals surface area contributed by atoms with Crippen LogP contribution < -0.4 is 5.32 Å². The molecule has 1 aromatic carbocycles. The molecule has 2 N–H and O–H groups in total. The number of nitrogens with one attached hydrogen (secondary N) is 1. The van der Waals surface area contributed by atoms with Gasteiger partial charge in [-0.3, -0.25) is 9.35 Å². The lowest BCUT2D eigenvalue weighted by Gasteiger charge is -2.06. The van der Waals surface area contributed by atoms with Crippen molar-refractivity contribution in [2.75, 3.05) is 24.7 Å². The van der Waals surface area contributed by atoms with Crippen LogP contribution in [0.3, 0.4) is 0 Å². The molecule has 0 saturated heterocycles. The molecule has 0 aliphatic carbocycles. The van der Waals surface area contributed by atoms with Crippen molar-refractivity contribution in [3.8, 4) is 0 Å². The predicted octanol–water partition coefficient (Wildman–Crippen LogP) is -0.349. The SMILES string of the molecule is O=C(NCCS(=O)(=O)CCOS(=O)(=O)O)c1ccccc1. The number of carbonyl (C=O) groups excluding carboxylic acids is 1. The van der Waals surface area contributed by atoms with Crippen LogP contribution in [0.15, 0.2) is 30.3 Å². The first-order valence-electron chi connectivity index (χ1n) is 5.85. The second-order valence-electron chi connectivity index (χ2n) is 4.02. The number of benzene rings is 1. The van der Waals surface area contributed by atoms with E-state index in [1.54, 1.807) is 30.3 Å². The van der Waals surface area contributed by atoms with Crippen LogP contribution in [0.2, 0.25) is 0 Å². The lowest BCUT2D eigenvalue weighted by Crippen LogP contribution is -2.30. The lowest BCUT2D eigenvalue weighted by atomic mass is 10.2. The Kier molecular flexibility index (Phi) is 6.27. The Hall–Kier alpha value is -1.49. The first-order valence-corrected chi connectivity index (χ1v) is 9.04. The molecule has 0 aromatic heterocycles. The van der Waals surface area contributed by atoms with Crippen LogP contribution in [-0.4, -0.2) is 52.0 Å². The molecule has 21 heavy (non-hydrogen) atoms. The Morgan fingerprint density at radius 3 is 2.29 bits per heavy atom. The smallest absolute Gasteiger partial charge is 0.351 e. The number of hydrogen-bond acceptors (Lipinski definition) is 6. The quantitative estimate of drug-likeness (QED) is 0.621. The summed E-state index contributed by atoms with van der Waals surface area (Å²) in [6.45, 7) is -0.782. The van der Waals surface area contributed by atoms with E-state index in [4.69, 9.17) is 4.55 Å². The fourth-order valence-electron chi connectivity index (χ4n) is 1.38. The molecular formula is C11H15NO7S2. The Morgan fingerprint density at radius 2 is 1.71 bits per heavy atom. The zero-order valence-corrected chi connectivity index (χ0v) is 12.6. The Bertz CT molecular complexity index is 668. The van der Waals surface area contributed by atoms with Gasteiger partial charge in [-0.1, -0.05) is 18.2 Å². The molecule has 0 saturated carbocycles. The van der Waals surface area contributed by atoms with Gasteiger partial charge < -0.3 is 5.32 Å². The molecule has 0 radical (unpaired) electrons.